The van der Waals surface area contributed by atoms with Crippen molar-refractivity contribution in [2.45, 2.75) is 19.9 Å². The average molecular weight is 249 g/mol. The van der Waals surface area contributed by atoms with E-state index in [-0.39, 0.29) is 16.7 Å². The molecule has 98 valence electrons. The second-order valence-electron chi connectivity index (χ2n) is 4.76. The van der Waals surface area contributed by atoms with Crippen LogP contribution in [0.3, 0.4) is 0 Å². The zero-order valence-electron chi connectivity index (χ0n) is 10.8. The van der Waals surface area contributed by atoms with Gasteiger partial charge in [0, 0.05) is 43.9 Å². The van der Waals surface area contributed by atoms with E-state index in [1.54, 1.807) is 13.0 Å². The third-order valence-corrected chi connectivity index (χ3v) is 3.61. The first-order chi connectivity index (χ1) is 8.59. The number of nitrogens with one attached hydrogen (secondary N) is 1. The third kappa shape index (κ3) is 2.68. The van der Waals surface area contributed by atoms with Crippen molar-refractivity contribution in [2.24, 2.45) is 0 Å². The second-order valence-corrected chi connectivity index (χ2v) is 4.76. The van der Waals surface area contributed by atoms with Crippen LogP contribution in [-0.4, -0.2) is 36.0 Å². The molecule has 0 saturated carbocycles. The minimum atomic E-state index is -0.302. The maximum absolute atomic E-state index is 11.0. The lowest BCUT2D eigenvalue weighted by Crippen LogP contribution is -2.44. The number of piperazine rings is 1. The Balaban J connectivity index is 2.21. The van der Waals surface area contributed by atoms with Gasteiger partial charge in [-0.2, -0.15) is 0 Å². The fourth-order valence-electron chi connectivity index (χ4n) is 2.36. The highest BCUT2D eigenvalue weighted by Crippen LogP contribution is 2.26. The van der Waals surface area contributed by atoms with Crippen LogP contribution >= 0.6 is 0 Å². The van der Waals surface area contributed by atoms with Crippen molar-refractivity contribution in [2.75, 3.05) is 26.2 Å². The lowest BCUT2D eigenvalue weighted by atomic mass is 10.0. The van der Waals surface area contributed by atoms with Gasteiger partial charge in [-0.3, -0.25) is 15.0 Å². The summed E-state index contributed by atoms with van der Waals surface area (Å²) in [6, 6.07) is 5.77. The van der Waals surface area contributed by atoms with Gasteiger partial charge >= 0.3 is 0 Å². The van der Waals surface area contributed by atoms with Gasteiger partial charge < -0.3 is 5.32 Å². The SMILES string of the molecule is Cc1ccc([C@@H](C)N2CCNCC2)cc1[N+](=O)[O-]. The van der Waals surface area contributed by atoms with E-state index >= 15 is 0 Å². The standard InChI is InChI=1S/C13H19N3O2/c1-10-3-4-12(9-13(10)16(17)18)11(2)15-7-5-14-6-8-15/h3-4,9,11,14H,5-8H2,1-2H3/t11-/m1/s1. The number of benzene rings is 1. The van der Waals surface area contributed by atoms with E-state index in [2.05, 4.69) is 17.1 Å². The molecule has 0 spiro atoms. The molecule has 1 saturated heterocycles. The summed E-state index contributed by atoms with van der Waals surface area (Å²) in [6.45, 7) is 7.83. The molecule has 1 N–H and O–H groups in total. The van der Waals surface area contributed by atoms with Gasteiger partial charge in [0.2, 0.25) is 0 Å². The Morgan fingerprint density at radius 1 is 1.39 bits per heavy atom. The maximum atomic E-state index is 11.0. The average Bonchev–Trinajstić information content (AvgIpc) is 2.39. The summed E-state index contributed by atoms with van der Waals surface area (Å²) in [7, 11) is 0. The van der Waals surface area contributed by atoms with E-state index in [4.69, 9.17) is 0 Å². The number of hydrogen-bond acceptors (Lipinski definition) is 4. The molecule has 1 aliphatic heterocycles. The summed E-state index contributed by atoms with van der Waals surface area (Å²) >= 11 is 0. The molecule has 0 amide bonds. The van der Waals surface area contributed by atoms with Crippen molar-refractivity contribution in [1.29, 1.82) is 0 Å². The summed E-state index contributed by atoms with van der Waals surface area (Å²) in [5, 5.41) is 14.3. The van der Waals surface area contributed by atoms with Gasteiger partial charge in [-0.25, -0.2) is 0 Å². The van der Waals surface area contributed by atoms with E-state index in [9.17, 15) is 10.1 Å². The highest BCUT2D eigenvalue weighted by atomic mass is 16.6. The fourth-order valence-corrected chi connectivity index (χ4v) is 2.36. The van der Waals surface area contributed by atoms with Crippen LogP contribution in [0.4, 0.5) is 5.69 Å². The zero-order chi connectivity index (χ0) is 13.1. The van der Waals surface area contributed by atoms with E-state index in [0.717, 1.165) is 37.3 Å². The molecular weight excluding hydrogens is 230 g/mol. The van der Waals surface area contributed by atoms with Crippen LogP contribution < -0.4 is 5.32 Å². The van der Waals surface area contributed by atoms with Gasteiger partial charge in [0.05, 0.1) is 4.92 Å². The number of nitro benzene ring substituents is 1. The highest BCUT2D eigenvalue weighted by Gasteiger charge is 2.20. The number of nitro groups is 1. The molecule has 5 heteroatoms. The van der Waals surface area contributed by atoms with Crippen molar-refractivity contribution in [1.82, 2.24) is 10.2 Å². The van der Waals surface area contributed by atoms with Crippen molar-refractivity contribution in [3.05, 3.63) is 39.4 Å². The van der Waals surface area contributed by atoms with Crippen molar-refractivity contribution in [3.63, 3.8) is 0 Å². The highest BCUT2D eigenvalue weighted by molar-refractivity contribution is 5.43. The molecule has 1 heterocycles. The lowest BCUT2D eigenvalue weighted by Gasteiger charge is -2.33. The molecule has 0 aliphatic carbocycles. The smallest absolute Gasteiger partial charge is 0.272 e. The zero-order valence-corrected chi connectivity index (χ0v) is 10.8. The quantitative estimate of drug-likeness (QED) is 0.656. The van der Waals surface area contributed by atoms with Gasteiger partial charge in [-0.05, 0) is 19.4 Å². The Morgan fingerprint density at radius 3 is 2.67 bits per heavy atom. The van der Waals surface area contributed by atoms with Crippen LogP contribution in [0.25, 0.3) is 0 Å². The third-order valence-electron chi connectivity index (χ3n) is 3.61. The second kappa shape index (κ2) is 5.46. The van der Waals surface area contributed by atoms with E-state index in [0.29, 0.717) is 0 Å². The summed E-state index contributed by atoms with van der Waals surface area (Å²) in [6.07, 6.45) is 0. The monoisotopic (exact) mass is 249 g/mol. The number of aryl methyl sites for hydroxylation is 1. The molecule has 0 radical (unpaired) electrons. The van der Waals surface area contributed by atoms with E-state index < -0.39 is 0 Å². The minimum Gasteiger partial charge on any atom is -0.314 e. The molecule has 1 aliphatic rings. The Bertz CT molecular complexity index is 442. The number of rotatable bonds is 3. The molecule has 2 rings (SSSR count). The normalized spacial score (nSPS) is 18.6. The van der Waals surface area contributed by atoms with Gasteiger partial charge in [0.25, 0.3) is 5.69 Å². The first kappa shape index (κ1) is 13.0. The van der Waals surface area contributed by atoms with E-state index in [1.165, 1.54) is 0 Å². The van der Waals surface area contributed by atoms with Crippen LogP contribution in [0, 0.1) is 17.0 Å². The molecule has 1 aromatic carbocycles. The van der Waals surface area contributed by atoms with Gasteiger partial charge in [-0.1, -0.05) is 12.1 Å². The first-order valence-corrected chi connectivity index (χ1v) is 6.29. The lowest BCUT2D eigenvalue weighted by molar-refractivity contribution is -0.385. The molecule has 5 nitrogen and oxygen atoms in total. The van der Waals surface area contributed by atoms with Crippen LogP contribution in [-0.2, 0) is 0 Å². The van der Waals surface area contributed by atoms with Gasteiger partial charge in [0.15, 0.2) is 0 Å². The molecule has 1 atom stereocenters. The fraction of sp³-hybridized carbons (Fsp3) is 0.538. The van der Waals surface area contributed by atoms with E-state index in [1.807, 2.05) is 12.1 Å². The topological polar surface area (TPSA) is 58.4 Å². The largest absolute Gasteiger partial charge is 0.314 e. The molecule has 1 aromatic rings. The minimum absolute atomic E-state index is 0.217. The molecule has 0 unspecified atom stereocenters. The molecule has 18 heavy (non-hydrogen) atoms. The number of hydrogen-bond donors (Lipinski definition) is 1. The Morgan fingerprint density at radius 2 is 2.06 bits per heavy atom. The van der Waals surface area contributed by atoms with Crippen molar-refractivity contribution < 1.29 is 4.92 Å². The van der Waals surface area contributed by atoms with Crippen LogP contribution in [0.15, 0.2) is 18.2 Å². The van der Waals surface area contributed by atoms with Gasteiger partial charge in [0.1, 0.15) is 0 Å². The predicted molar refractivity (Wildman–Crippen MR) is 70.7 cm³/mol. The number of nitrogens with zero attached hydrogens (tertiary/aromatic N) is 2. The molecular formula is C13H19N3O2. The molecule has 0 aromatic heterocycles. The van der Waals surface area contributed by atoms with Crippen LogP contribution in [0.5, 0.6) is 0 Å². The Labute approximate surface area is 107 Å². The van der Waals surface area contributed by atoms with Crippen molar-refractivity contribution in [3.8, 4) is 0 Å². The predicted octanol–water partition coefficient (Wildman–Crippen LogP) is 1.87. The Kier molecular flexibility index (Phi) is 3.93. The summed E-state index contributed by atoms with van der Waals surface area (Å²) in [5.74, 6) is 0. The summed E-state index contributed by atoms with van der Waals surface area (Å²) < 4.78 is 0. The molecule has 1 fully saturated rings. The maximum Gasteiger partial charge on any atom is 0.272 e. The summed E-state index contributed by atoms with van der Waals surface area (Å²) in [5.41, 5.74) is 1.96. The molecule has 0 bridgehead atoms. The first-order valence-electron chi connectivity index (χ1n) is 6.29. The Hall–Kier alpha value is -1.46. The van der Waals surface area contributed by atoms with Crippen LogP contribution in [0.1, 0.15) is 24.1 Å². The van der Waals surface area contributed by atoms with Crippen LogP contribution in [0.2, 0.25) is 0 Å². The van der Waals surface area contributed by atoms with Gasteiger partial charge in [-0.15, -0.1) is 0 Å². The van der Waals surface area contributed by atoms with Crippen molar-refractivity contribution >= 4 is 5.69 Å². The summed E-state index contributed by atoms with van der Waals surface area (Å²) in [4.78, 5) is 13.0.